The Balaban J connectivity index is 0.000000426. The van der Waals surface area contributed by atoms with Crippen molar-refractivity contribution in [2.75, 3.05) is 18.4 Å². The highest BCUT2D eigenvalue weighted by Gasteiger charge is 2.38. The van der Waals surface area contributed by atoms with Crippen LogP contribution in [0.1, 0.15) is 43.4 Å². The van der Waals surface area contributed by atoms with Crippen molar-refractivity contribution in [3.05, 3.63) is 82.7 Å². The molecule has 0 spiro atoms. The first-order valence-corrected chi connectivity index (χ1v) is 11.8. The third kappa shape index (κ3) is 5.88. The van der Waals surface area contributed by atoms with E-state index >= 15 is 0 Å². The molecule has 0 aliphatic carbocycles. The number of anilines is 1. The number of carbonyl (C=O) groups excluding carboxylic acids is 1. The Morgan fingerprint density at radius 3 is 2.37 bits per heavy atom. The van der Waals surface area contributed by atoms with Crippen LogP contribution in [0, 0.1) is 0 Å². The number of carbonyl (C=O) groups is 2. The molecule has 8 nitrogen and oxygen atoms in total. The number of halogens is 3. The lowest BCUT2D eigenvalue weighted by molar-refractivity contribution is -0.192. The number of ketones is 1. The summed E-state index contributed by atoms with van der Waals surface area (Å²) < 4.78 is 37.9. The number of nitrogens with zero attached hydrogens (tertiary/aromatic N) is 1. The molecule has 0 fully saturated rings. The fraction of sp³-hybridized carbons (Fsp3) is 0.296. The molecule has 1 aromatic heterocycles. The number of hydrogen-bond donors (Lipinski definition) is 4. The molecule has 0 bridgehead atoms. The van der Waals surface area contributed by atoms with Crippen molar-refractivity contribution in [1.29, 1.82) is 0 Å². The predicted octanol–water partition coefficient (Wildman–Crippen LogP) is 5.12. The Morgan fingerprint density at radius 1 is 1.05 bits per heavy atom. The van der Waals surface area contributed by atoms with E-state index in [0.29, 0.717) is 13.1 Å². The van der Waals surface area contributed by atoms with E-state index in [1.54, 1.807) is 0 Å². The van der Waals surface area contributed by atoms with Crippen molar-refractivity contribution in [3.8, 4) is 11.5 Å². The molecule has 2 aromatic carbocycles. The lowest BCUT2D eigenvalue weighted by Crippen LogP contribution is -2.39. The summed E-state index contributed by atoms with van der Waals surface area (Å²) in [5.74, 6) is -0.525. The molecule has 1 unspecified atom stereocenters. The summed E-state index contributed by atoms with van der Waals surface area (Å²) in [5, 5.41) is 20.8. The first kappa shape index (κ1) is 26.9. The molecule has 11 heteroatoms. The van der Waals surface area contributed by atoms with Crippen molar-refractivity contribution >= 4 is 17.6 Å². The highest BCUT2D eigenvalue weighted by molar-refractivity contribution is 6.02. The highest BCUT2D eigenvalue weighted by atomic mass is 19.4. The van der Waals surface area contributed by atoms with Gasteiger partial charge in [-0.15, -0.1) is 0 Å². The van der Waals surface area contributed by atoms with Crippen LogP contribution in [-0.2, 0) is 15.0 Å². The second-order valence-corrected chi connectivity index (χ2v) is 9.92. The topological polar surface area (TPSA) is 116 Å². The minimum atomic E-state index is -5.08. The minimum Gasteiger partial charge on any atom is -0.475 e. The maximum absolute atomic E-state index is 12.8. The first-order chi connectivity index (χ1) is 17.8. The molecule has 200 valence electrons. The number of nitrogens with one attached hydrogen (secondary N) is 3. The van der Waals surface area contributed by atoms with Gasteiger partial charge in [0.05, 0.1) is 6.54 Å². The molecule has 2 aliphatic rings. The van der Waals surface area contributed by atoms with E-state index in [0.717, 1.165) is 39.7 Å². The lowest BCUT2D eigenvalue weighted by atomic mass is 9.79. The molecule has 38 heavy (non-hydrogen) atoms. The van der Waals surface area contributed by atoms with Gasteiger partial charge in [0.15, 0.2) is 11.6 Å². The van der Waals surface area contributed by atoms with Gasteiger partial charge in [0, 0.05) is 35.5 Å². The largest absolute Gasteiger partial charge is 0.490 e. The Morgan fingerprint density at radius 2 is 1.74 bits per heavy atom. The number of carboxylic acids is 1. The van der Waals surface area contributed by atoms with Gasteiger partial charge in [-0.2, -0.15) is 18.3 Å². The number of H-pyrrole nitrogens is 1. The molecule has 1 atom stereocenters. The number of hydrogen-bond acceptors (Lipinski definition) is 6. The fourth-order valence-corrected chi connectivity index (χ4v) is 4.29. The molecule has 2 aliphatic heterocycles. The maximum Gasteiger partial charge on any atom is 0.490 e. The van der Waals surface area contributed by atoms with Gasteiger partial charge in [-0.05, 0) is 40.8 Å². The Bertz CT molecular complexity index is 1370. The van der Waals surface area contributed by atoms with Gasteiger partial charge in [0.25, 0.3) is 0 Å². The van der Waals surface area contributed by atoms with E-state index in [2.05, 4.69) is 53.7 Å². The summed E-state index contributed by atoms with van der Waals surface area (Å²) in [5.41, 5.74) is 5.04. The second kappa shape index (κ2) is 10.3. The van der Waals surface area contributed by atoms with Crippen LogP contribution in [-0.4, -0.2) is 46.3 Å². The van der Waals surface area contributed by atoms with Crippen LogP contribution >= 0.6 is 0 Å². The molecule has 0 amide bonds. The summed E-state index contributed by atoms with van der Waals surface area (Å²) in [4.78, 5) is 21.7. The van der Waals surface area contributed by atoms with Crippen molar-refractivity contribution < 1.29 is 32.6 Å². The smallest absolute Gasteiger partial charge is 0.475 e. The molecule has 3 heterocycles. The zero-order chi connectivity index (χ0) is 27.7. The maximum atomic E-state index is 12.8. The van der Waals surface area contributed by atoms with Crippen LogP contribution in [0.4, 0.5) is 19.0 Å². The summed E-state index contributed by atoms with van der Waals surface area (Å²) in [6, 6.07) is 16.2. The molecular weight excluding hydrogens is 501 g/mol. The molecule has 0 saturated heterocycles. The van der Waals surface area contributed by atoms with Gasteiger partial charge < -0.3 is 20.5 Å². The SMILES string of the molecule is CC(C)(C)c1ccc(Oc2cccc(C3C4=C(CNCC4=O)Nc4n[nH]cc43)c2)cc1.O=C(O)C(F)(F)F. The first-order valence-electron chi connectivity index (χ1n) is 11.8. The van der Waals surface area contributed by atoms with E-state index in [-0.39, 0.29) is 17.1 Å². The zero-order valence-electron chi connectivity index (χ0n) is 20.9. The molecule has 3 aromatic rings. The standard InChI is InChI=1S/C25H26N4O2.C2HF3O2/c1-25(2,3)16-7-9-17(10-8-16)31-18-6-4-5-15(11-18)22-19-12-27-29-24(19)28-20-13-26-14-21(30)23(20)22;3-2(4,5)1(6)7/h4-12,22,26H,13-14H2,1-3H3,(H2,27,28,29);(H,6,7). The molecule has 0 saturated carbocycles. The number of alkyl halides is 3. The van der Waals surface area contributed by atoms with Gasteiger partial charge in [-0.1, -0.05) is 45.0 Å². The van der Waals surface area contributed by atoms with Crippen LogP contribution in [0.3, 0.4) is 0 Å². The van der Waals surface area contributed by atoms with Crippen LogP contribution in [0.25, 0.3) is 0 Å². The predicted molar refractivity (Wildman–Crippen MR) is 134 cm³/mol. The normalized spacial score (nSPS) is 17.0. The number of ether oxygens (including phenoxy) is 1. The molecule has 5 rings (SSSR count). The average molecular weight is 529 g/mol. The van der Waals surface area contributed by atoms with E-state index in [9.17, 15) is 18.0 Å². The van der Waals surface area contributed by atoms with Crippen LogP contribution in [0.15, 0.2) is 66.0 Å². The minimum absolute atomic E-state index is 0.0998. The quantitative estimate of drug-likeness (QED) is 0.373. The third-order valence-electron chi connectivity index (χ3n) is 6.14. The number of aliphatic carboxylic acids is 1. The van der Waals surface area contributed by atoms with Crippen molar-refractivity contribution in [2.24, 2.45) is 0 Å². The summed E-state index contributed by atoms with van der Waals surface area (Å²) >= 11 is 0. The zero-order valence-corrected chi connectivity index (χ0v) is 20.9. The number of aromatic amines is 1. The lowest BCUT2D eigenvalue weighted by Gasteiger charge is -2.31. The van der Waals surface area contributed by atoms with Crippen molar-refractivity contribution in [1.82, 2.24) is 15.5 Å². The number of aromatic nitrogens is 2. The number of fused-ring (bicyclic) bond motifs is 1. The Kier molecular flexibility index (Phi) is 7.32. The summed E-state index contributed by atoms with van der Waals surface area (Å²) in [7, 11) is 0. The van der Waals surface area contributed by atoms with E-state index in [1.807, 2.05) is 42.6 Å². The van der Waals surface area contributed by atoms with Crippen LogP contribution in [0.5, 0.6) is 11.5 Å². The Hall–Kier alpha value is -4.12. The second-order valence-electron chi connectivity index (χ2n) is 9.92. The van der Waals surface area contributed by atoms with E-state index in [4.69, 9.17) is 14.6 Å². The van der Waals surface area contributed by atoms with Gasteiger partial charge >= 0.3 is 12.1 Å². The summed E-state index contributed by atoms with van der Waals surface area (Å²) in [6.07, 6.45) is -3.22. The van der Waals surface area contributed by atoms with Crippen molar-refractivity contribution in [2.45, 2.75) is 38.3 Å². The van der Waals surface area contributed by atoms with Gasteiger partial charge in [0.1, 0.15) is 11.5 Å². The highest BCUT2D eigenvalue weighted by Crippen LogP contribution is 2.42. The fourth-order valence-electron chi connectivity index (χ4n) is 4.29. The monoisotopic (exact) mass is 528 g/mol. The number of Topliss-reactive ketones (excluding diaryl/α,β-unsaturated/α-hetero) is 1. The van der Waals surface area contributed by atoms with Crippen LogP contribution in [0.2, 0.25) is 0 Å². The molecular formula is C27H27F3N4O4. The summed E-state index contributed by atoms with van der Waals surface area (Å²) in [6.45, 7) is 7.56. The van der Waals surface area contributed by atoms with E-state index in [1.165, 1.54) is 5.56 Å². The van der Waals surface area contributed by atoms with Crippen LogP contribution < -0.4 is 15.4 Å². The Labute approximate surface area is 216 Å². The van der Waals surface area contributed by atoms with Gasteiger partial charge in [-0.3, -0.25) is 9.89 Å². The molecule has 0 radical (unpaired) electrons. The average Bonchev–Trinajstić information content (AvgIpc) is 3.31. The third-order valence-corrected chi connectivity index (χ3v) is 6.14. The van der Waals surface area contributed by atoms with E-state index < -0.39 is 12.1 Å². The van der Waals surface area contributed by atoms with Gasteiger partial charge in [-0.25, -0.2) is 4.79 Å². The number of carboxylic acid groups (broad SMARTS) is 1. The number of benzene rings is 2. The molecule has 4 N–H and O–H groups in total. The van der Waals surface area contributed by atoms with Gasteiger partial charge in [0.2, 0.25) is 0 Å². The number of rotatable bonds is 3. The van der Waals surface area contributed by atoms with Crippen molar-refractivity contribution in [3.63, 3.8) is 0 Å².